The topological polar surface area (TPSA) is 100 Å². The van der Waals surface area contributed by atoms with Gasteiger partial charge in [-0.25, -0.2) is 13.8 Å². The van der Waals surface area contributed by atoms with Crippen LogP contribution in [0.4, 0.5) is 14.6 Å². The Balaban J connectivity index is 1.73. The molecule has 2 heterocycles. The Kier molecular flexibility index (Phi) is 7.74. The van der Waals surface area contributed by atoms with Crippen molar-refractivity contribution in [3.63, 3.8) is 0 Å². The number of rotatable bonds is 8. The Morgan fingerprint density at radius 1 is 1.19 bits per heavy atom. The SMILES string of the molecule is CC(C)N1CCCC1C(=O)N[C@@H](Cc1ccc(F)c(F)c1)C(=O)NCc1ccc(N)nc1. The van der Waals surface area contributed by atoms with Gasteiger partial charge in [0.05, 0.1) is 6.04 Å². The summed E-state index contributed by atoms with van der Waals surface area (Å²) in [6, 6.07) is 5.77. The highest BCUT2D eigenvalue weighted by Crippen LogP contribution is 2.20. The van der Waals surface area contributed by atoms with Crippen molar-refractivity contribution >= 4 is 17.6 Å². The summed E-state index contributed by atoms with van der Waals surface area (Å²) >= 11 is 0. The number of amides is 2. The molecule has 1 aromatic heterocycles. The van der Waals surface area contributed by atoms with Crippen LogP contribution in [0, 0.1) is 11.6 Å². The number of hydrogen-bond donors (Lipinski definition) is 3. The van der Waals surface area contributed by atoms with Crippen LogP contribution >= 0.6 is 0 Å². The third kappa shape index (κ3) is 6.00. The molecule has 0 radical (unpaired) electrons. The molecule has 0 aliphatic carbocycles. The largest absolute Gasteiger partial charge is 0.384 e. The summed E-state index contributed by atoms with van der Waals surface area (Å²) in [7, 11) is 0. The Bertz CT molecular complexity index is 952. The summed E-state index contributed by atoms with van der Waals surface area (Å²) < 4.78 is 27.0. The van der Waals surface area contributed by atoms with Crippen molar-refractivity contribution in [2.24, 2.45) is 0 Å². The van der Waals surface area contributed by atoms with Crippen molar-refractivity contribution in [2.45, 2.75) is 57.8 Å². The third-order valence-electron chi connectivity index (χ3n) is 5.63. The zero-order valence-corrected chi connectivity index (χ0v) is 18.3. The fourth-order valence-corrected chi connectivity index (χ4v) is 3.92. The molecule has 32 heavy (non-hydrogen) atoms. The van der Waals surface area contributed by atoms with Crippen molar-refractivity contribution in [1.82, 2.24) is 20.5 Å². The Labute approximate surface area is 186 Å². The molecular formula is C23H29F2N5O2. The first kappa shape index (κ1) is 23.6. The van der Waals surface area contributed by atoms with Crippen molar-refractivity contribution in [3.05, 3.63) is 59.3 Å². The molecule has 1 aromatic carbocycles. The first-order valence-corrected chi connectivity index (χ1v) is 10.7. The molecule has 2 amide bonds. The number of likely N-dealkylation sites (tertiary alicyclic amines) is 1. The van der Waals surface area contributed by atoms with Gasteiger partial charge in [0.1, 0.15) is 11.9 Å². The van der Waals surface area contributed by atoms with E-state index in [9.17, 15) is 18.4 Å². The molecule has 0 bridgehead atoms. The number of hydrogen-bond acceptors (Lipinski definition) is 5. The predicted octanol–water partition coefficient (Wildman–Crippen LogP) is 2.16. The summed E-state index contributed by atoms with van der Waals surface area (Å²) in [6.07, 6.45) is 3.20. The fourth-order valence-electron chi connectivity index (χ4n) is 3.92. The highest BCUT2D eigenvalue weighted by molar-refractivity contribution is 5.90. The minimum atomic E-state index is -0.997. The molecule has 7 nitrogen and oxygen atoms in total. The number of anilines is 1. The van der Waals surface area contributed by atoms with Gasteiger partial charge in [0.25, 0.3) is 0 Å². The van der Waals surface area contributed by atoms with Gasteiger partial charge in [-0.3, -0.25) is 14.5 Å². The number of nitrogens with two attached hydrogens (primary N) is 1. The van der Waals surface area contributed by atoms with Crippen molar-refractivity contribution < 1.29 is 18.4 Å². The van der Waals surface area contributed by atoms with Crippen LogP contribution in [0.1, 0.15) is 37.8 Å². The van der Waals surface area contributed by atoms with Gasteiger partial charge in [0.15, 0.2) is 11.6 Å². The molecule has 1 aliphatic heterocycles. The van der Waals surface area contributed by atoms with E-state index in [1.54, 1.807) is 18.3 Å². The van der Waals surface area contributed by atoms with Crippen LogP contribution in [0.3, 0.4) is 0 Å². The van der Waals surface area contributed by atoms with E-state index in [0.717, 1.165) is 30.7 Å². The van der Waals surface area contributed by atoms with Crippen LogP contribution in [0.2, 0.25) is 0 Å². The lowest BCUT2D eigenvalue weighted by Crippen LogP contribution is -2.53. The van der Waals surface area contributed by atoms with Crippen LogP contribution in [-0.4, -0.2) is 46.4 Å². The van der Waals surface area contributed by atoms with Crippen LogP contribution in [0.15, 0.2) is 36.5 Å². The number of carbonyl (C=O) groups excluding carboxylic acids is 2. The standard InChI is InChI=1S/C23H29F2N5O2/c1-14(2)30-9-3-4-20(30)23(32)29-19(11-15-5-7-17(24)18(25)10-15)22(31)28-13-16-6-8-21(26)27-12-16/h5-8,10,12,14,19-20H,3-4,9,11,13H2,1-2H3,(H2,26,27)(H,28,31)(H,29,32)/t19-,20?/m0/s1. The fraction of sp³-hybridized carbons (Fsp3) is 0.435. The van der Waals surface area contributed by atoms with E-state index in [1.165, 1.54) is 6.07 Å². The zero-order valence-electron chi connectivity index (χ0n) is 18.3. The van der Waals surface area contributed by atoms with Gasteiger partial charge in [0, 0.05) is 25.2 Å². The van der Waals surface area contributed by atoms with Crippen LogP contribution in [0.5, 0.6) is 0 Å². The molecule has 3 rings (SSSR count). The van der Waals surface area contributed by atoms with Gasteiger partial charge in [-0.2, -0.15) is 0 Å². The number of nitrogen functional groups attached to an aromatic ring is 1. The molecule has 9 heteroatoms. The van der Waals surface area contributed by atoms with E-state index in [4.69, 9.17) is 5.73 Å². The number of nitrogens with one attached hydrogen (secondary N) is 2. The second kappa shape index (κ2) is 10.5. The quantitative estimate of drug-likeness (QED) is 0.578. The summed E-state index contributed by atoms with van der Waals surface area (Å²) in [6.45, 7) is 5.06. The highest BCUT2D eigenvalue weighted by atomic mass is 19.2. The number of carbonyl (C=O) groups is 2. The number of pyridine rings is 1. The molecule has 1 aliphatic rings. The lowest BCUT2D eigenvalue weighted by atomic mass is 10.0. The van der Waals surface area contributed by atoms with Gasteiger partial charge < -0.3 is 16.4 Å². The second-order valence-electron chi connectivity index (χ2n) is 8.31. The summed E-state index contributed by atoms with van der Waals surface area (Å²) in [5.41, 5.74) is 6.73. The Morgan fingerprint density at radius 3 is 2.59 bits per heavy atom. The smallest absolute Gasteiger partial charge is 0.243 e. The van der Waals surface area contributed by atoms with E-state index in [1.807, 2.05) is 13.8 Å². The number of aromatic nitrogens is 1. The Morgan fingerprint density at radius 2 is 1.94 bits per heavy atom. The molecule has 2 aromatic rings. The molecule has 1 unspecified atom stereocenters. The van der Waals surface area contributed by atoms with Crippen molar-refractivity contribution in [1.29, 1.82) is 0 Å². The minimum absolute atomic E-state index is 0.0309. The predicted molar refractivity (Wildman–Crippen MR) is 117 cm³/mol. The summed E-state index contributed by atoms with van der Waals surface area (Å²) in [5, 5.41) is 5.61. The van der Waals surface area contributed by atoms with E-state index in [-0.39, 0.29) is 31.0 Å². The maximum absolute atomic E-state index is 13.7. The summed E-state index contributed by atoms with van der Waals surface area (Å²) in [4.78, 5) is 32.0. The van der Waals surface area contributed by atoms with Gasteiger partial charge in [-0.05, 0) is 62.6 Å². The molecule has 0 spiro atoms. The third-order valence-corrected chi connectivity index (χ3v) is 5.63. The highest BCUT2D eigenvalue weighted by Gasteiger charge is 2.34. The van der Waals surface area contributed by atoms with E-state index in [0.29, 0.717) is 17.8 Å². The Hall–Kier alpha value is -3.07. The molecule has 2 atom stereocenters. The maximum atomic E-state index is 13.7. The van der Waals surface area contributed by atoms with E-state index < -0.39 is 23.6 Å². The average molecular weight is 446 g/mol. The lowest BCUT2D eigenvalue weighted by Gasteiger charge is -2.29. The van der Waals surface area contributed by atoms with Crippen LogP contribution in [0.25, 0.3) is 0 Å². The lowest BCUT2D eigenvalue weighted by molar-refractivity contribution is -0.131. The number of benzene rings is 1. The molecule has 1 fully saturated rings. The normalized spacial score (nSPS) is 17.3. The summed E-state index contributed by atoms with van der Waals surface area (Å²) in [5.74, 6) is -2.26. The van der Waals surface area contributed by atoms with Crippen LogP contribution in [-0.2, 0) is 22.6 Å². The van der Waals surface area contributed by atoms with Crippen molar-refractivity contribution in [3.8, 4) is 0 Å². The molecular weight excluding hydrogens is 416 g/mol. The monoisotopic (exact) mass is 445 g/mol. The molecule has 0 saturated carbocycles. The average Bonchev–Trinajstić information content (AvgIpc) is 3.26. The number of halogens is 2. The number of nitrogens with zero attached hydrogens (tertiary/aromatic N) is 2. The molecule has 172 valence electrons. The first-order valence-electron chi connectivity index (χ1n) is 10.7. The zero-order chi connectivity index (χ0) is 23.3. The molecule has 1 saturated heterocycles. The van der Waals surface area contributed by atoms with E-state index >= 15 is 0 Å². The van der Waals surface area contributed by atoms with Gasteiger partial charge >= 0.3 is 0 Å². The molecule has 4 N–H and O–H groups in total. The first-order chi connectivity index (χ1) is 15.2. The van der Waals surface area contributed by atoms with E-state index in [2.05, 4.69) is 20.5 Å². The second-order valence-corrected chi connectivity index (χ2v) is 8.31. The minimum Gasteiger partial charge on any atom is -0.384 e. The van der Waals surface area contributed by atoms with Gasteiger partial charge in [-0.1, -0.05) is 12.1 Å². The van der Waals surface area contributed by atoms with Crippen LogP contribution < -0.4 is 16.4 Å². The van der Waals surface area contributed by atoms with Gasteiger partial charge in [0.2, 0.25) is 11.8 Å². The van der Waals surface area contributed by atoms with Gasteiger partial charge in [-0.15, -0.1) is 0 Å². The maximum Gasteiger partial charge on any atom is 0.243 e. The van der Waals surface area contributed by atoms with Crippen molar-refractivity contribution in [2.75, 3.05) is 12.3 Å².